The monoisotopic (exact) mass is 717 g/mol. The molecule has 278 valence electrons. The molecule has 3 aromatic rings. The first-order chi connectivity index (χ1) is 24.3. The predicted octanol–water partition coefficient (Wildman–Crippen LogP) is 5.86. The largest absolute Gasteiger partial charge is 0.494 e. The Kier molecular flexibility index (Phi) is 9.94. The van der Waals surface area contributed by atoms with Crippen molar-refractivity contribution in [2.24, 2.45) is 5.92 Å². The lowest BCUT2D eigenvalue weighted by Gasteiger charge is -2.32. The fraction of sp³-hybridized carbons (Fsp3) is 0.526. The van der Waals surface area contributed by atoms with E-state index in [0.717, 1.165) is 16.6 Å². The van der Waals surface area contributed by atoms with Gasteiger partial charge in [0.05, 0.1) is 36.0 Å². The number of hydrogen-bond acceptors (Lipinski definition) is 8. The Morgan fingerprint density at radius 1 is 1.04 bits per heavy atom. The van der Waals surface area contributed by atoms with Crippen LogP contribution in [0.5, 0.6) is 0 Å². The quantitative estimate of drug-likeness (QED) is 0.291. The molecule has 52 heavy (non-hydrogen) atoms. The highest BCUT2D eigenvalue weighted by Crippen LogP contribution is 2.38. The SMILES string of the molecule is CC(C)[C@H](NC(=O)OC(C)(C)C)C(=O)N1C[C@H](OC(=O)N2Cc3cccc(F)c3C2)C[C@H]1c1nc(-c2ccc(B3OC(C)(C)C(C)(C)O3)cc2)c[nH]1. The summed E-state index contributed by atoms with van der Waals surface area (Å²) in [5.74, 6) is -0.494. The number of hydrogen-bond donors (Lipinski definition) is 2. The number of H-pyrrole nitrogens is 1. The summed E-state index contributed by atoms with van der Waals surface area (Å²) in [6, 6.07) is 11.1. The van der Waals surface area contributed by atoms with E-state index in [4.69, 9.17) is 23.8 Å². The third kappa shape index (κ3) is 7.68. The second-order valence-electron chi connectivity index (χ2n) is 16.2. The van der Waals surface area contributed by atoms with Crippen molar-refractivity contribution in [2.45, 2.75) is 117 Å². The third-order valence-corrected chi connectivity index (χ3v) is 10.2. The van der Waals surface area contributed by atoms with Crippen molar-refractivity contribution >= 4 is 30.7 Å². The number of fused-ring (bicyclic) bond motifs is 1. The van der Waals surface area contributed by atoms with Crippen molar-refractivity contribution in [3.05, 3.63) is 71.4 Å². The summed E-state index contributed by atoms with van der Waals surface area (Å²) in [7, 11) is -0.497. The number of carbonyl (C=O) groups is 3. The topological polar surface area (TPSA) is 135 Å². The van der Waals surface area contributed by atoms with Crippen LogP contribution < -0.4 is 10.8 Å². The van der Waals surface area contributed by atoms with Crippen LogP contribution in [0.15, 0.2) is 48.7 Å². The molecule has 1 aromatic heterocycles. The summed E-state index contributed by atoms with van der Waals surface area (Å²) in [5.41, 5.74) is 1.92. The smallest absolute Gasteiger partial charge is 0.444 e. The number of rotatable bonds is 7. The maximum Gasteiger partial charge on any atom is 0.494 e. The van der Waals surface area contributed by atoms with Crippen LogP contribution in [0.1, 0.15) is 91.7 Å². The lowest BCUT2D eigenvalue weighted by Crippen LogP contribution is -2.52. The zero-order valence-electron chi connectivity index (χ0n) is 31.4. The molecule has 0 spiro atoms. The van der Waals surface area contributed by atoms with E-state index in [1.165, 1.54) is 11.0 Å². The Balaban J connectivity index is 1.22. The molecule has 0 radical (unpaired) electrons. The first kappa shape index (κ1) is 37.3. The van der Waals surface area contributed by atoms with E-state index < -0.39 is 54.3 Å². The predicted molar refractivity (Wildman–Crippen MR) is 193 cm³/mol. The molecule has 3 aliphatic heterocycles. The Bertz CT molecular complexity index is 1810. The Labute approximate surface area is 304 Å². The van der Waals surface area contributed by atoms with E-state index in [2.05, 4.69) is 10.3 Å². The van der Waals surface area contributed by atoms with E-state index in [1.54, 1.807) is 44.0 Å². The van der Waals surface area contributed by atoms with Gasteiger partial charge in [-0.2, -0.15) is 0 Å². The number of aromatic amines is 1. The molecule has 2 saturated heterocycles. The summed E-state index contributed by atoms with van der Waals surface area (Å²) in [4.78, 5) is 51.6. The minimum atomic E-state index is -0.917. The minimum absolute atomic E-state index is 0.0718. The molecule has 14 heteroatoms. The number of halogens is 1. The van der Waals surface area contributed by atoms with Gasteiger partial charge in [-0.1, -0.05) is 50.2 Å². The van der Waals surface area contributed by atoms with E-state index >= 15 is 0 Å². The van der Waals surface area contributed by atoms with Crippen molar-refractivity contribution in [2.75, 3.05) is 6.54 Å². The standard InChI is InChI=1S/C38H49BFN5O7/c1-22(2)31(43-34(47)50-36(3,4)5)33(46)45-20-26(49-35(48)44-19-24-11-10-12-28(40)27(24)21-44)17-30(45)32-41-18-29(42-32)23-13-15-25(16-14-23)39-51-37(6,7)38(8,9)52-39/h10-16,18,22,26,30-31H,17,19-21H2,1-9H3,(H,41,42)(H,43,47)/t26-,30+,31+/m1/s1. The molecule has 3 atom stereocenters. The maximum absolute atomic E-state index is 14.4. The average molecular weight is 718 g/mol. The molecule has 0 unspecified atom stereocenters. The van der Waals surface area contributed by atoms with E-state index in [0.29, 0.717) is 17.1 Å². The van der Waals surface area contributed by atoms with Gasteiger partial charge in [0.25, 0.3) is 0 Å². The fourth-order valence-electron chi connectivity index (χ4n) is 6.68. The molecule has 0 bridgehead atoms. The Morgan fingerprint density at radius 2 is 1.71 bits per heavy atom. The van der Waals surface area contributed by atoms with Gasteiger partial charge in [-0.25, -0.2) is 19.0 Å². The lowest BCUT2D eigenvalue weighted by atomic mass is 9.79. The number of imidazole rings is 1. The van der Waals surface area contributed by atoms with E-state index in [-0.39, 0.29) is 43.7 Å². The van der Waals surface area contributed by atoms with Crippen LogP contribution in [0.4, 0.5) is 14.0 Å². The molecule has 2 N–H and O–H groups in total. The first-order valence-electron chi connectivity index (χ1n) is 17.8. The van der Waals surface area contributed by atoms with Gasteiger partial charge in [-0.05, 0) is 71.5 Å². The van der Waals surface area contributed by atoms with E-state index in [9.17, 15) is 18.8 Å². The third-order valence-electron chi connectivity index (χ3n) is 10.2. The highest BCUT2D eigenvalue weighted by molar-refractivity contribution is 6.62. The zero-order chi connectivity index (χ0) is 37.7. The summed E-state index contributed by atoms with van der Waals surface area (Å²) in [5, 5.41) is 2.75. The van der Waals surface area contributed by atoms with E-state index in [1.807, 2.05) is 65.8 Å². The van der Waals surface area contributed by atoms with Crippen LogP contribution in [-0.2, 0) is 36.7 Å². The second-order valence-corrected chi connectivity index (χ2v) is 16.2. The van der Waals surface area contributed by atoms with Gasteiger partial charge >= 0.3 is 19.3 Å². The number of alkyl carbamates (subject to hydrolysis) is 1. The van der Waals surface area contributed by atoms with Crippen molar-refractivity contribution in [3.63, 3.8) is 0 Å². The molecule has 4 heterocycles. The molecule has 0 saturated carbocycles. The lowest BCUT2D eigenvalue weighted by molar-refractivity contribution is -0.136. The number of nitrogens with zero attached hydrogens (tertiary/aromatic N) is 3. The molecule has 0 aliphatic carbocycles. The summed E-state index contributed by atoms with van der Waals surface area (Å²) in [6.45, 7) is 17.4. The van der Waals surface area contributed by atoms with Crippen molar-refractivity contribution < 1.29 is 37.6 Å². The van der Waals surface area contributed by atoms with Crippen LogP contribution in [-0.4, -0.2) is 80.5 Å². The number of amides is 3. The normalized spacial score (nSPS) is 21.3. The molecule has 3 aliphatic rings. The maximum atomic E-state index is 14.4. The van der Waals surface area contributed by atoms with Crippen molar-refractivity contribution in [3.8, 4) is 11.3 Å². The zero-order valence-corrected chi connectivity index (χ0v) is 31.4. The van der Waals surface area contributed by atoms with Crippen LogP contribution in [0.2, 0.25) is 0 Å². The number of carbonyl (C=O) groups excluding carboxylic acids is 3. The number of likely N-dealkylation sites (tertiary alicyclic amines) is 1. The molecule has 3 amide bonds. The molecular formula is C38H49BFN5O7. The number of benzene rings is 2. The van der Waals surface area contributed by atoms with Gasteiger partial charge in [0.15, 0.2) is 0 Å². The Morgan fingerprint density at radius 3 is 2.33 bits per heavy atom. The highest BCUT2D eigenvalue weighted by atomic mass is 19.1. The van der Waals surface area contributed by atoms with Gasteiger partial charge in [0.1, 0.15) is 29.4 Å². The van der Waals surface area contributed by atoms with Crippen molar-refractivity contribution in [1.29, 1.82) is 0 Å². The summed E-state index contributed by atoms with van der Waals surface area (Å²) in [6.07, 6.45) is 0.0527. The van der Waals surface area contributed by atoms with Crippen LogP contribution >= 0.6 is 0 Å². The van der Waals surface area contributed by atoms with Gasteiger partial charge < -0.3 is 34.0 Å². The Hall–Kier alpha value is -4.43. The van der Waals surface area contributed by atoms with Crippen LogP contribution in [0, 0.1) is 11.7 Å². The van der Waals surface area contributed by atoms with Gasteiger partial charge in [0.2, 0.25) is 5.91 Å². The second kappa shape index (κ2) is 13.9. The summed E-state index contributed by atoms with van der Waals surface area (Å²) >= 11 is 0. The van der Waals surface area contributed by atoms with Crippen LogP contribution in [0.25, 0.3) is 11.3 Å². The molecule has 2 aromatic carbocycles. The minimum Gasteiger partial charge on any atom is -0.444 e. The number of nitrogens with one attached hydrogen (secondary N) is 2. The van der Waals surface area contributed by atoms with Crippen LogP contribution in [0.3, 0.4) is 0 Å². The van der Waals surface area contributed by atoms with Gasteiger partial charge in [-0.15, -0.1) is 0 Å². The van der Waals surface area contributed by atoms with Gasteiger partial charge in [-0.3, -0.25) is 9.69 Å². The molecule has 6 rings (SSSR count). The molecular weight excluding hydrogens is 668 g/mol. The number of ether oxygens (including phenoxy) is 2. The van der Waals surface area contributed by atoms with Gasteiger partial charge in [0, 0.05) is 30.3 Å². The number of aromatic nitrogens is 2. The first-order valence-corrected chi connectivity index (χ1v) is 17.8. The fourth-order valence-corrected chi connectivity index (χ4v) is 6.68. The summed E-state index contributed by atoms with van der Waals surface area (Å²) < 4.78 is 38.3. The molecule has 12 nitrogen and oxygen atoms in total. The average Bonchev–Trinajstić information content (AvgIpc) is 3.84. The van der Waals surface area contributed by atoms with Crippen molar-refractivity contribution in [1.82, 2.24) is 25.1 Å². The highest BCUT2D eigenvalue weighted by Gasteiger charge is 2.51. The molecule has 2 fully saturated rings.